The summed E-state index contributed by atoms with van der Waals surface area (Å²) >= 11 is 0. The van der Waals surface area contributed by atoms with E-state index in [9.17, 15) is 14.0 Å². The Kier molecular flexibility index (Phi) is 5.51. The molecule has 0 spiro atoms. The van der Waals surface area contributed by atoms with Gasteiger partial charge in [0.05, 0.1) is 13.1 Å². The number of carbonyl (C=O) groups is 2. The van der Waals surface area contributed by atoms with Gasteiger partial charge in [-0.3, -0.25) is 9.59 Å². The van der Waals surface area contributed by atoms with E-state index in [-0.39, 0.29) is 24.6 Å². The lowest BCUT2D eigenvalue weighted by Gasteiger charge is -2.29. The summed E-state index contributed by atoms with van der Waals surface area (Å²) in [5.74, 6) is -1.15. The Morgan fingerprint density at radius 1 is 1.21 bits per heavy atom. The fourth-order valence-corrected chi connectivity index (χ4v) is 3.45. The predicted molar refractivity (Wildman–Crippen MR) is 108 cm³/mol. The third kappa shape index (κ3) is 4.35. The number of aryl methyl sites for hydroxylation is 1. The van der Waals surface area contributed by atoms with Crippen molar-refractivity contribution in [3.05, 3.63) is 77.0 Å². The number of ketones is 1. The van der Waals surface area contributed by atoms with Gasteiger partial charge < -0.3 is 9.30 Å². The lowest BCUT2D eigenvalue weighted by molar-refractivity contribution is -0.165. The lowest BCUT2D eigenvalue weighted by atomic mass is 9.93. The van der Waals surface area contributed by atoms with Crippen LogP contribution in [0.1, 0.15) is 25.0 Å². The molecule has 0 saturated heterocycles. The zero-order valence-electron chi connectivity index (χ0n) is 16.5. The normalized spacial score (nSPS) is 12.9. The van der Waals surface area contributed by atoms with Crippen LogP contribution in [0.15, 0.2) is 48.7 Å². The van der Waals surface area contributed by atoms with Gasteiger partial charge in [-0.1, -0.05) is 18.2 Å². The van der Waals surface area contributed by atoms with Crippen molar-refractivity contribution in [2.75, 3.05) is 0 Å². The Morgan fingerprint density at radius 3 is 2.62 bits per heavy atom. The van der Waals surface area contributed by atoms with Gasteiger partial charge in [-0.15, -0.1) is 0 Å². The number of Topliss-reactive ketones (excluding diaryl/α,β-unsaturated/α-hetero) is 1. The Balaban J connectivity index is 1.90. The average molecular weight is 392 g/mol. The Morgan fingerprint density at radius 2 is 1.97 bits per heavy atom. The number of halogens is 1. The Bertz CT molecular complexity index is 1140. The summed E-state index contributed by atoms with van der Waals surface area (Å²) in [6, 6.07) is 11.4. The van der Waals surface area contributed by atoms with E-state index >= 15 is 0 Å². The van der Waals surface area contributed by atoms with E-state index in [2.05, 4.69) is 4.85 Å². The second-order valence-corrected chi connectivity index (χ2v) is 7.30. The maximum absolute atomic E-state index is 13.5. The lowest BCUT2D eigenvalue weighted by Crippen LogP contribution is -2.44. The first-order valence-corrected chi connectivity index (χ1v) is 9.16. The van der Waals surface area contributed by atoms with Gasteiger partial charge in [0, 0.05) is 30.4 Å². The van der Waals surface area contributed by atoms with Crippen LogP contribution in [0.4, 0.5) is 10.1 Å². The van der Waals surface area contributed by atoms with E-state index in [1.807, 2.05) is 6.92 Å². The quantitative estimate of drug-likeness (QED) is 0.448. The molecule has 3 rings (SSSR count). The van der Waals surface area contributed by atoms with Gasteiger partial charge in [-0.2, -0.15) is 0 Å². The van der Waals surface area contributed by atoms with Crippen molar-refractivity contribution in [1.82, 2.24) is 4.57 Å². The molecule has 0 N–H and O–H groups in total. The fraction of sp³-hybridized carbons (Fsp3) is 0.261. The number of ether oxygens (including phenoxy) is 1. The summed E-state index contributed by atoms with van der Waals surface area (Å²) in [5, 5.41) is 0.702. The first-order chi connectivity index (χ1) is 13.7. The second-order valence-electron chi connectivity index (χ2n) is 7.30. The van der Waals surface area contributed by atoms with Gasteiger partial charge in [0.15, 0.2) is 17.1 Å². The van der Waals surface area contributed by atoms with Crippen LogP contribution in [0.3, 0.4) is 0 Å². The molecule has 0 amide bonds. The average Bonchev–Trinajstić information content (AvgIpc) is 3.02. The number of fused-ring (bicyclic) bond motifs is 1. The van der Waals surface area contributed by atoms with Crippen molar-refractivity contribution in [2.24, 2.45) is 0 Å². The zero-order chi connectivity index (χ0) is 21.2. The van der Waals surface area contributed by atoms with Gasteiger partial charge in [0.25, 0.3) is 0 Å². The fourth-order valence-electron chi connectivity index (χ4n) is 3.45. The van der Waals surface area contributed by atoms with Crippen LogP contribution < -0.4 is 0 Å². The molecule has 1 heterocycles. The largest absolute Gasteiger partial charge is 0.450 e. The van der Waals surface area contributed by atoms with Crippen LogP contribution in [-0.2, 0) is 27.3 Å². The topological polar surface area (TPSA) is 52.7 Å². The highest BCUT2D eigenvalue weighted by atomic mass is 19.1. The molecule has 0 fully saturated rings. The molecule has 5 nitrogen and oxygen atoms in total. The van der Waals surface area contributed by atoms with Gasteiger partial charge in [0.2, 0.25) is 0 Å². The van der Waals surface area contributed by atoms with E-state index in [4.69, 9.17) is 11.3 Å². The number of benzene rings is 2. The molecule has 1 atom stereocenters. The summed E-state index contributed by atoms with van der Waals surface area (Å²) in [6.07, 6.45) is 1.81. The molecule has 0 saturated carbocycles. The van der Waals surface area contributed by atoms with Crippen LogP contribution in [0.5, 0.6) is 0 Å². The molecule has 3 aromatic rings. The molecule has 0 unspecified atom stereocenters. The van der Waals surface area contributed by atoms with Crippen molar-refractivity contribution >= 4 is 28.3 Å². The van der Waals surface area contributed by atoms with Crippen molar-refractivity contribution in [3.63, 3.8) is 0 Å². The smallest absolute Gasteiger partial charge is 0.303 e. The van der Waals surface area contributed by atoms with Crippen molar-refractivity contribution in [1.29, 1.82) is 0 Å². The maximum atomic E-state index is 13.5. The van der Waals surface area contributed by atoms with E-state index in [1.165, 1.54) is 19.1 Å². The minimum atomic E-state index is -1.39. The molecule has 1 aromatic heterocycles. The molecular weight excluding hydrogens is 371 g/mol. The highest BCUT2D eigenvalue weighted by Gasteiger charge is 2.37. The number of carbonyl (C=O) groups excluding carboxylic acids is 2. The van der Waals surface area contributed by atoms with Crippen LogP contribution in [-0.4, -0.2) is 21.9 Å². The van der Waals surface area contributed by atoms with E-state index in [1.54, 1.807) is 48.0 Å². The molecule has 29 heavy (non-hydrogen) atoms. The minimum Gasteiger partial charge on any atom is -0.450 e. The molecule has 0 aliphatic carbocycles. The second kappa shape index (κ2) is 7.88. The Hall–Kier alpha value is -3.46. The summed E-state index contributed by atoms with van der Waals surface area (Å²) in [7, 11) is 0. The maximum Gasteiger partial charge on any atom is 0.303 e. The Labute approximate surface area is 168 Å². The zero-order valence-corrected chi connectivity index (χ0v) is 16.5. The third-order valence-corrected chi connectivity index (χ3v) is 4.91. The molecule has 2 aromatic carbocycles. The predicted octanol–water partition coefficient (Wildman–Crippen LogP) is 4.77. The van der Waals surface area contributed by atoms with Gasteiger partial charge >= 0.3 is 5.97 Å². The van der Waals surface area contributed by atoms with Gasteiger partial charge in [-0.05, 0) is 49.2 Å². The van der Waals surface area contributed by atoms with Gasteiger partial charge in [-0.25, -0.2) is 9.24 Å². The SMILES string of the molecule is [C-]#[N+]c1ccc(CC(=O)[C@](C)(Cn2ccc3cc(F)ccc32)OC(C)=O)cc1C. The number of hydrogen-bond acceptors (Lipinski definition) is 3. The van der Waals surface area contributed by atoms with Crippen molar-refractivity contribution < 1.29 is 18.7 Å². The third-order valence-electron chi connectivity index (χ3n) is 4.91. The van der Waals surface area contributed by atoms with Crippen molar-refractivity contribution in [3.8, 4) is 0 Å². The number of nitrogens with zero attached hydrogens (tertiary/aromatic N) is 2. The summed E-state index contributed by atoms with van der Waals surface area (Å²) in [4.78, 5) is 28.3. The monoisotopic (exact) mass is 392 g/mol. The summed E-state index contributed by atoms with van der Waals surface area (Å²) in [5.41, 5.74) is 1.43. The minimum absolute atomic E-state index is 0.0662. The summed E-state index contributed by atoms with van der Waals surface area (Å²) in [6.45, 7) is 11.9. The van der Waals surface area contributed by atoms with Crippen molar-refractivity contribution in [2.45, 2.75) is 39.3 Å². The number of hydrogen-bond donors (Lipinski definition) is 0. The van der Waals surface area contributed by atoms with E-state index < -0.39 is 11.6 Å². The van der Waals surface area contributed by atoms with E-state index in [0.29, 0.717) is 11.1 Å². The van der Waals surface area contributed by atoms with Crippen LogP contribution >= 0.6 is 0 Å². The molecule has 0 aliphatic rings. The van der Waals surface area contributed by atoms with Crippen LogP contribution in [0, 0.1) is 19.3 Å². The van der Waals surface area contributed by atoms with Gasteiger partial charge in [0.1, 0.15) is 5.82 Å². The first-order valence-electron chi connectivity index (χ1n) is 9.16. The number of rotatable bonds is 6. The standard InChI is InChI=1S/C23H21FN2O3/c1-15-11-17(5-7-20(15)25-4)12-22(28)23(3,29-16(2)27)14-26-10-9-18-13-19(24)6-8-21(18)26/h5-11,13H,12,14H2,1-3H3/t23-/m0/s1. The molecule has 0 aliphatic heterocycles. The number of aromatic nitrogens is 1. The van der Waals surface area contributed by atoms with Crippen LogP contribution in [0.2, 0.25) is 0 Å². The molecule has 0 radical (unpaired) electrons. The molecular formula is C23H21FN2O3. The van der Waals surface area contributed by atoms with Crippen LogP contribution in [0.25, 0.3) is 15.7 Å². The number of esters is 1. The molecule has 6 heteroatoms. The first kappa shape index (κ1) is 20.3. The summed E-state index contributed by atoms with van der Waals surface area (Å²) < 4.78 is 20.7. The molecule has 148 valence electrons. The highest BCUT2D eigenvalue weighted by molar-refractivity contribution is 5.91. The highest BCUT2D eigenvalue weighted by Crippen LogP contribution is 2.25. The molecule has 0 bridgehead atoms. The van der Waals surface area contributed by atoms with E-state index in [0.717, 1.165) is 16.6 Å².